The van der Waals surface area contributed by atoms with E-state index < -0.39 is 106 Å². The number of nitrogens with zero attached hydrogens (tertiary/aromatic N) is 3. The van der Waals surface area contributed by atoms with Gasteiger partial charge in [-0.25, -0.2) is 18.6 Å². The molecule has 5 heterocycles. The number of hydrogen-bond acceptors (Lipinski definition) is 19. The molecule has 3 aliphatic heterocycles. The maximum absolute atomic E-state index is 14.2. The van der Waals surface area contributed by atoms with Crippen molar-refractivity contribution in [3.63, 3.8) is 0 Å². The first-order valence-corrected chi connectivity index (χ1v) is 14.8. The number of H-pyrrole nitrogens is 1. The van der Waals surface area contributed by atoms with Crippen molar-refractivity contribution < 1.29 is 73.2 Å². The number of rotatable bonds is 10. The van der Waals surface area contributed by atoms with Gasteiger partial charge in [-0.2, -0.15) is 4.98 Å². The van der Waals surface area contributed by atoms with E-state index in [1.807, 2.05) is 0 Å². The highest BCUT2D eigenvalue weighted by Crippen LogP contribution is 2.60. The topological polar surface area (TPSA) is 324 Å². The summed E-state index contributed by atoms with van der Waals surface area (Å²) >= 11 is 0. The molecule has 44 heavy (non-hydrogen) atoms. The fourth-order valence-corrected chi connectivity index (χ4v) is 6.93. The summed E-state index contributed by atoms with van der Waals surface area (Å²) in [7, 11) is -5.52. The zero-order chi connectivity index (χ0) is 32.4. The van der Waals surface area contributed by atoms with Gasteiger partial charge in [-0.1, -0.05) is 0 Å². The van der Waals surface area contributed by atoms with Crippen molar-refractivity contribution in [2.45, 2.75) is 99.8 Å². The summed E-state index contributed by atoms with van der Waals surface area (Å²) in [4.78, 5) is 22.4. The maximum Gasteiger partial charge on any atom is 0.484 e. The largest absolute Gasteiger partial charge is 0.484 e. The quantitative estimate of drug-likeness (QED) is 0.0857. The number of imidazole rings is 1. The highest BCUT2D eigenvalue weighted by atomic mass is 31.2. The summed E-state index contributed by atoms with van der Waals surface area (Å²) in [6, 6.07) is 0. The lowest BCUT2D eigenvalue weighted by Gasteiger charge is -2.33. The number of hydrogen-bond donors (Lipinski definition) is 10. The molecule has 248 valence electrons. The number of aromatic nitrogens is 4. The van der Waals surface area contributed by atoms with Crippen LogP contribution in [0.2, 0.25) is 0 Å². The lowest BCUT2D eigenvalue weighted by Crippen LogP contribution is -2.41. The Morgan fingerprint density at radius 3 is 2.14 bits per heavy atom. The molecule has 0 bridgehead atoms. The van der Waals surface area contributed by atoms with Crippen molar-refractivity contribution in [3.8, 4) is 0 Å². The fourth-order valence-electron chi connectivity index (χ4n) is 5.31. The molecule has 0 spiro atoms. The van der Waals surface area contributed by atoms with Gasteiger partial charge in [-0.15, -0.1) is 0 Å². The van der Waals surface area contributed by atoms with E-state index in [4.69, 9.17) is 33.5 Å². The van der Waals surface area contributed by atoms with E-state index in [-0.39, 0.29) is 17.1 Å². The molecule has 3 fully saturated rings. The van der Waals surface area contributed by atoms with Gasteiger partial charge in [0, 0.05) is 0 Å². The first-order chi connectivity index (χ1) is 20.5. The summed E-state index contributed by atoms with van der Waals surface area (Å²) in [5.41, 5.74) is 4.59. The van der Waals surface area contributed by atoms with Crippen molar-refractivity contribution in [2.75, 3.05) is 12.3 Å². The Hall–Kier alpha value is -2.18. The van der Waals surface area contributed by atoms with Gasteiger partial charge in [0.2, 0.25) is 5.95 Å². The van der Waals surface area contributed by atoms with Crippen molar-refractivity contribution in [1.29, 1.82) is 0 Å². The Bertz CT molecular complexity index is 1420. The van der Waals surface area contributed by atoms with Crippen LogP contribution in [0.15, 0.2) is 11.1 Å². The highest BCUT2D eigenvalue weighted by Gasteiger charge is 2.60. The Balaban J connectivity index is 1.47. The molecule has 2 unspecified atom stereocenters. The van der Waals surface area contributed by atoms with E-state index in [9.17, 15) is 50.2 Å². The Kier molecular flexibility index (Phi) is 8.96. The van der Waals surface area contributed by atoms with Crippen LogP contribution in [0.3, 0.4) is 0 Å². The molecule has 0 aromatic carbocycles. The summed E-state index contributed by atoms with van der Waals surface area (Å²) in [6.45, 7) is 1.58. The second-order valence-electron chi connectivity index (χ2n) is 10.8. The number of ether oxygens (including phenoxy) is 3. The predicted molar refractivity (Wildman–Crippen MR) is 138 cm³/mol. The van der Waals surface area contributed by atoms with Gasteiger partial charge in [0.15, 0.2) is 17.4 Å². The fraction of sp³-hybridized carbons (Fsp3) is 0.773. The van der Waals surface area contributed by atoms with Crippen LogP contribution in [-0.4, -0.2) is 134 Å². The smallest absolute Gasteiger partial charge is 0.394 e. The molecule has 3 aliphatic rings. The minimum atomic E-state index is -5.52. The molecule has 11 N–H and O–H groups in total. The molecule has 0 radical (unpaired) electrons. The van der Waals surface area contributed by atoms with E-state index in [1.54, 1.807) is 0 Å². The van der Waals surface area contributed by atoms with E-state index >= 15 is 0 Å². The van der Waals surface area contributed by atoms with Crippen molar-refractivity contribution >= 4 is 24.9 Å². The third-order valence-corrected chi connectivity index (χ3v) is 8.78. The van der Waals surface area contributed by atoms with Crippen LogP contribution in [0.1, 0.15) is 32.9 Å². The van der Waals surface area contributed by atoms with Crippen LogP contribution in [0, 0.1) is 0 Å². The van der Waals surface area contributed by atoms with Gasteiger partial charge in [-0.05, 0) is 13.8 Å². The zero-order valence-electron chi connectivity index (χ0n) is 23.2. The standard InChI is InChI=1S/C22H34N5O16P/c1-7(29)14-9(31)3-21(35,39-14)42-44(37,43-22(36)4-10(32)15(40-22)8(2)30)41-16-11(5-28)38-19(13(16)33)27-6-24-12-17(27)25-20(23)26-18(12)34/h6-11,13-16,19,28-33,35-36H,3-5H2,1-2H3,(H3,23,25,26,34)/t7?,8?,9-,10-,11+,13+,14+,15+,16+,19+,21-,22-,44?/m0/s1. The summed E-state index contributed by atoms with van der Waals surface area (Å²) in [5.74, 6) is -6.25. The molecule has 0 aliphatic carbocycles. The number of anilines is 1. The van der Waals surface area contributed by atoms with Crippen LogP contribution < -0.4 is 11.3 Å². The average molecular weight is 656 g/mol. The summed E-state index contributed by atoms with van der Waals surface area (Å²) in [5, 5.41) is 83.4. The van der Waals surface area contributed by atoms with Crippen LogP contribution in [0.5, 0.6) is 0 Å². The molecular formula is C22H34N5O16P. The number of nitrogens with one attached hydrogen (secondary N) is 1. The molecule has 0 amide bonds. The number of fused-ring (bicyclic) bond motifs is 1. The highest BCUT2D eigenvalue weighted by molar-refractivity contribution is 7.48. The minimum Gasteiger partial charge on any atom is -0.394 e. The normalized spacial score (nSPS) is 40.4. The van der Waals surface area contributed by atoms with E-state index in [1.165, 1.54) is 13.8 Å². The maximum atomic E-state index is 14.2. The number of nitrogen functional groups attached to an aromatic ring is 1. The molecule has 3 saturated heterocycles. The molecule has 2 aromatic heterocycles. The molecule has 0 saturated carbocycles. The SMILES string of the molecule is CC(O)[C@H]1O[C@](O)(OP(=O)(O[C@H]2[C@@H](O)[C@H](n3cnc4c(=O)[nH]c(N)nc43)O[C@@H]2CO)O[C@]2(O)C[C@H](O)[C@@H](C(C)O)O2)C[C@@H]1O. The molecule has 22 heteroatoms. The first-order valence-electron chi connectivity index (χ1n) is 13.4. The van der Waals surface area contributed by atoms with E-state index in [2.05, 4.69) is 15.0 Å². The number of phosphoric ester groups is 1. The summed E-state index contributed by atoms with van der Waals surface area (Å²) in [6.07, 6.45) is -16.0. The lowest BCUT2D eigenvalue weighted by atomic mass is 10.1. The zero-order valence-corrected chi connectivity index (χ0v) is 24.1. The molecular weight excluding hydrogens is 621 g/mol. The van der Waals surface area contributed by atoms with Gasteiger partial charge in [0.25, 0.3) is 17.5 Å². The van der Waals surface area contributed by atoms with E-state index in [0.29, 0.717) is 0 Å². The third kappa shape index (κ3) is 6.27. The van der Waals surface area contributed by atoms with Crippen LogP contribution in [-0.2, 0) is 32.3 Å². The lowest BCUT2D eigenvalue weighted by molar-refractivity contribution is -0.348. The molecule has 5 rings (SSSR count). The minimum absolute atomic E-state index is 0.137. The number of aliphatic hydroxyl groups is 8. The van der Waals surface area contributed by atoms with Gasteiger partial charge < -0.3 is 60.8 Å². The average Bonchev–Trinajstić information content (AvgIpc) is 3.61. The van der Waals surface area contributed by atoms with Crippen LogP contribution in [0.4, 0.5) is 5.95 Å². The Morgan fingerprint density at radius 1 is 1.11 bits per heavy atom. The number of phosphoric acid groups is 1. The van der Waals surface area contributed by atoms with Gasteiger partial charge >= 0.3 is 7.82 Å². The number of aliphatic hydroxyl groups excluding tert-OH is 6. The number of aromatic amines is 1. The molecule has 12 atom stereocenters. The molecule has 21 nitrogen and oxygen atoms in total. The van der Waals surface area contributed by atoms with Gasteiger partial charge in [-0.3, -0.25) is 18.9 Å². The van der Waals surface area contributed by atoms with Crippen molar-refractivity contribution in [1.82, 2.24) is 19.5 Å². The van der Waals surface area contributed by atoms with Crippen LogP contribution in [0.25, 0.3) is 11.2 Å². The van der Waals surface area contributed by atoms with Gasteiger partial charge in [0.05, 0.1) is 50.2 Å². The second kappa shape index (κ2) is 11.9. The Morgan fingerprint density at radius 2 is 1.66 bits per heavy atom. The number of nitrogens with two attached hydrogens (primary N) is 1. The predicted octanol–water partition coefficient (Wildman–Crippen LogP) is -4.17. The second-order valence-corrected chi connectivity index (χ2v) is 12.3. The van der Waals surface area contributed by atoms with Crippen molar-refractivity contribution in [3.05, 3.63) is 16.7 Å². The van der Waals surface area contributed by atoms with Crippen LogP contribution >= 0.6 is 7.82 Å². The van der Waals surface area contributed by atoms with Crippen molar-refractivity contribution in [2.24, 2.45) is 0 Å². The van der Waals surface area contributed by atoms with Gasteiger partial charge in [0.1, 0.15) is 30.5 Å². The Labute approximate surface area is 246 Å². The summed E-state index contributed by atoms with van der Waals surface area (Å²) < 4.78 is 47.1. The third-order valence-electron chi connectivity index (χ3n) is 7.26. The first kappa shape index (κ1) is 33.2. The monoisotopic (exact) mass is 655 g/mol. The van der Waals surface area contributed by atoms with E-state index in [0.717, 1.165) is 10.9 Å². The molecule has 2 aromatic rings.